The lowest BCUT2D eigenvalue weighted by Crippen LogP contribution is -2.44. The van der Waals surface area contributed by atoms with Gasteiger partial charge in [-0.1, -0.05) is 54.8 Å². The van der Waals surface area contributed by atoms with Crippen molar-refractivity contribution in [1.82, 2.24) is 5.32 Å². The molecule has 0 unspecified atom stereocenters. The van der Waals surface area contributed by atoms with E-state index in [0.717, 1.165) is 37.0 Å². The number of ether oxygens (including phenoxy) is 1. The van der Waals surface area contributed by atoms with Gasteiger partial charge in [0, 0.05) is 5.02 Å². The van der Waals surface area contributed by atoms with Crippen LogP contribution in [0.1, 0.15) is 37.7 Å². The standard InChI is InChI=1S/C20H22ClNO2/c21-17-8-6-7-16(15-17)20(12-4-5-13-20)22-19(23)11-14-24-18-9-2-1-3-10-18/h1-3,6-10,15H,4-5,11-14H2,(H,22,23). The second-order valence-corrected chi connectivity index (χ2v) is 6.70. The first-order valence-electron chi connectivity index (χ1n) is 8.43. The third-order valence-corrected chi connectivity index (χ3v) is 4.79. The van der Waals surface area contributed by atoms with Crippen molar-refractivity contribution in [2.75, 3.05) is 6.61 Å². The Balaban J connectivity index is 1.60. The normalized spacial score (nSPS) is 15.9. The summed E-state index contributed by atoms with van der Waals surface area (Å²) in [4.78, 5) is 12.4. The zero-order chi connectivity index (χ0) is 16.8. The molecule has 0 spiro atoms. The minimum absolute atomic E-state index is 0.0211. The minimum Gasteiger partial charge on any atom is -0.493 e. The van der Waals surface area contributed by atoms with Gasteiger partial charge in [0.1, 0.15) is 5.75 Å². The number of carbonyl (C=O) groups excluding carboxylic acids is 1. The van der Waals surface area contributed by atoms with Crippen LogP contribution >= 0.6 is 11.6 Å². The van der Waals surface area contributed by atoms with Gasteiger partial charge in [-0.3, -0.25) is 4.79 Å². The van der Waals surface area contributed by atoms with Gasteiger partial charge in [0.25, 0.3) is 0 Å². The van der Waals surface area contributed by atoms with E-state index < -0.39 is 0 Å². The van der Waals surface area contributed by atoms with Crippen molar-refractivity contribution in [3.63, 3.8) is 0 Å². The van der Waals surface area contributed by atoms with E-state index in [1.807, 2.05) is 48.5 Å². The van der Waals surface area contributed by atoms with Crippen LogP contribution in [0, 0.1) is 0 Å². The van der Waals surface area contributed by atoms with Crippen molar-refractivity contribution >= 4 is 17.5 Å². The molecule has 3 nitrogen and oxygen atoms in total. The predicted octanol–water partition coefficient (Wildman–Crippen LogP) is 4.69. The number of hydrogen-bond acceptors (Lipinski definition) is 2. The van der Waals surface area contributed by atoms with Crippen LogP contribution in [0.5, 0.6) is 5.75 Å². The molecule has 1 fully saturated rings. The SMILES string of the molecule is O=C(CCOc1ccccc1)NC1(c2cccc(Cl)c2)CCCC1. The first-order valence-corrected chi connectivity index (χ1v) is 8.81. The summed E-state index contributed by atoms with van der Waals surface area (Å²) in [5.41, 5.74) is 0.819. The number of rotatable bonds is 6. The van der Waals surface area contributed by atoms with Gasteiger partial charge in [-0.25, -0.2) is 0 Å². The van der Waals surface area contributed by atoms with Crippen LogP contribution in [0.25, 0.3) is 0 Å². The predicted molar refractivity (Wildman–Crippen MR) is 96.3 cm³/mol. The van der Waals surface area contributed by atoms with Gasteiger partial charge in [-0.15, -0.1) is 0 Å². The molecule has 1 aliphatic rings. The lowest BCUT2D eigenvalue weighted by atomic mass is 9.88. The van der Waals surface area contributed by atoms with Crippen molar-refractivity contribution in [1.29, 1.82) is 0 Å². The van der Waals surface area contributed by atoms with Crippen molar-refractivity contribution in [2.45, 2.75) is 37.6 Å². The fraction of sp³-hybridized carbons (Fsp3) is 0.350. The molecular weight excluding hydrogens is 322 g/mol. The molecule has 0 aromatic heterocycles. The van der Waals surface area contributed by atoms with E-state index in [0.29, 0.717) is 18.1 Å². The van der Waals surface area contributed by atoms with Gasteiger partial charge in [-0.05, 0) is 42.7 Å². The quantitative estimate of drug-likeness (QED) is 0.826. The Morgan fingerprint density at radius 3 is 2.54 bits per heavy atom. The Morgan fingerprint density at radius 2 is 1.83 bits per heavy atom. The monoisotopic (exact) mass is 343 g/mol. The molecule has 4 heteroatoms. The van der Waals surface area contributed by atoms with Gasteiger partial charge in [0.15, 0.2) is 0 Å². The van der Waals surface area contributed by atoms with E-state index in [4.69, 9.17) is 16.3 Å². The average molecular weight is 344 g/mol. The van der Waals surface area contributed by atoms with Gasteiger partial charge >= 0.3 is 0 Å². The molecule has 24 heavy (non-hydrogen) atoms. The second kappa shape index (κ2) is 7.71. The van der Waals surface area contributed by atoms with E-state index in [2.05, 4.69) is 11.4 Å². The molecule has 0 saturated heterocycles. The summed E-state index contributed by atoms with van der Waals surface area (Å²) in [6, 6.07) is 17.4. The highest BCUT2D eigenvalue weighted by molar-refractivity contribution is 6.30. The molecule has 0 heterocycles. The largest absolute Gasteiger partial charge is 0.493 e. The Bertz CT molecular complexity index is 681. The number of hydrogen-bond donors (Lipinski definition) is 1. The van der Waals surface area contributed by atoms with Crippen LogP contribution in [0.3, 0.4) is 0 Å². The van der Waals surface area contributed by atoms with Crippen LogP contribution in [-0.4, -0.2) is 12.5 Å². The molecule has 1 saturated carbocycles. The van der Waals surface area contributed by atoms with Crippen LogP contribution in [-0.2, 0) is 10.3 Å². The van der Waals surface area contributed by atoms with E-state index in [9.17, 15) is 4.79 Å². The smallest absolute Gasteiger partial charge is 0.224 e. The maximum atomic E-state index is 12.4. The van der Waals surface area contributed by atoms with Gasteiger partial charge in [-0.2, -0.15) is 0 Å². The zero-order valence-electron chi connectivity index (χ0n) is 13.6. The van der Waals surface area contributed by atoms with Crippen molar-refractivity contribution in [3.05, 3.63) is 65.2 Å². The lowest BCUT2D eigenvalue weighted by molar-refractivity contribution is -0.123. The van der Waals surface area contributed by atoms with Crippen LogP contribution < -0.4 is 10.1 Å². The molecule has 0 bridgehead atoms. The summed E-state index contributed by atoms with van der Waals surface area (Å²) in [7, 11) is 0. The van der Waals surface area contributed by atoms with E-state index in [1.165, 1.54) is 0 Å². The molecule has 1 amide bonds. The molecule has 3 rings (SSSR count). The van der Waals surface area contributed by atoms with Crippen LogP contribution in [0.2, 0.25) is 5.02 Å². The van der Waals surface area contributed by atoms with Crippen LogP contribution in [0.4, 0.5) is 0 Å². The summed E-state index contributed by atoms with van der Waals surface area (Å²) in [6.45, 7) is 0.376. The molecule has 2 aromatic rings. The Kier molecular flexibility index (Phi) is 5.41. The Morgan fingerprint density at radius 1 is 1.08 bits per heavy atom. The van der Waals surface area contributed by atoms with E-state index in [-0.39, 0.29) is 11.4 Å². The summed E-state index contributed by atoms with van der Waals surface area (Å²) in [5, 5.41) is 3.95. The molecule has 1 aliphatic carbocycles. The first-order chi connectivity index (χ1) is 11.7. The number of nitrogens with one attached hydrogen (secondary N) is 1. The average Bonchev–Trinajstić information content (AvgIpc) is 3.05. The zero-order valence-corrected chi connectivity index (χ0v) is 14.4. The summed E-state index contributed by atoms with van der Waals surface area (Å²) in [5.74, 6) is 0.809. The summed E-state index contributed by atoms with van der Waals surface area (Å²) < 4.78 is 5.62. The molecule has 126 valence electrons. The molecule has 0 aliphatic heterocycles. The number of benzene rings is 2. The maximum absolute atomic E-state index is 12.4. The van der Waals surface area contributed by atoms with E-state index >= 15 is 0 Å². The number of carbonyl (C=O) groups is 1. The highest BCUT2D eigenvalue weighted by Gasteiger charge is 2.36. The molecule has 0 atom stereocenters. The lowest BCUT2D eigenvalue weighted by Gasteiger charge is -2.31. The van der Waals surface area contributed by atoms with Gasteiger partial charge < -0.3 is 10.1 Å². The molecule has 1 N–H and O–H groups in total. The minimum atomic E-state index is -0.283. The number of halogens is 1. The summed E-state index contributed by atoms with van der Waals surface area (Å²) >= 11 is 6.14. The topological polar surface area (TPSA) is 38.3 Å². The first kappa shape index (κ1) is 16.8. The third kappa shape index (κ3) is 4.09. The highest BCUT2D eigenvalue weighted by atomic mass is 35.5. The Labute approximate surface area is 148 Å². The second-order valence-electron chi connectivity index (χ2n) is 6.26. The number of amides is 1. The van der Waals surface area contributed by atoms with E-state index in [1.54, 1.807) is 0 Å². The number of para-hydroxylation sites is 1. The van der Waals surface area contributed by atoms with Gasteiger partial charge in [0.2, 0.25) is 5.91 Å². The fourth-order valence-electron chi connectivity index (χ4n) is 3.36. The molecule has 2 aromatic carbocycles. The molecular formula is C20H22ClNO2. The van der Waals surface area contributed by atoms with Crippen molar-refractivity contribution in [3.8, 4) is 5.75 Å². The third-order valence-electron chi connectivity index (χ3n) is 4.55. The van der Waals surface area contributed by atoms with Gasteiger partial charge in [0.05, 0.1) is 18.6 Å². The highest BCUT2D eigenvalue weighted by Crippen LogP contribution is 2.39. The van der Waals surface area contributed by atoms with Crippen LogP contribution in [0.15, 0.2) is 54.6 Å². The summed E-state index contributed by atoms with van der Waals surface area (Å²) in [6.07, 6.45) is 4.50. The van der Waals surface area contributed by atoms with Crippen molar-refractivity contribution in [2.24, 2.45) is 0 Å². The van der Waals surface area contributed by atoms with Crippen molar-refractivity contribution < 1.29 is 9.53 Å². The maximum Gasteiger partial charge on any atom is 0.224 e. The molecule has 0 radical (unpaired) electrons. The Hall–Kier alpha value is -2.00. The fourth-order valence-corrected chi connectivity index (χ4v) is 3.55.